The molecule has 56 heavy (non-hydrogen) atoms. The lowest BCUT2D eigenvalue weighted by Gasteiger charge is -2.24. The molecule has 2 atom stereocenters. The molecule has 6 amide bonds. The van der Waals surface area contributed by atoms with E-state index in [1.807, 2.05) is 35.8 Å². The van der Waals surface area contributed by atoms with Crippen LogP contribution >= 0.6 is 11.8 Å². The Kier molecular flexibility index (Phi) is 15.2. The third kappa shape index (κ3) is 12.3. The molecule has 0 radical (unpaired) electrons. The smallest absolute Gasteiger partial charge is 0.372 e. The number of alkyl halides is 3. The monoisotopic (exact) mass is 796 g/mol. The van der Waals surface area contributed by atoms with Crippen LogP contribution in [0.15, 0.2) is 60.7 Å². The van der Waals surface area contributed by atoms with Crippen molar-refractivity contribution in [3.8, 4) is 11.3 Å². The minimum absolute atomic E-state index is 0.00491. The van der Waals surface area contributed by atoms with Crippen LogP contribution in [-0.4, -0.2) is 79.1 Å². The highest BCUT2D eigenvalue weighted by molar-refractivity contribution is 7.99. The maximum Gasteiger partial charge on any atom is 0.416 e. The predicted octanol–water partition coefficient (Wildman–Crippen LogP) is 6.91. The third-order valence-electron chi connectivity index (χ3n) is 9.70. The van der Waals surface area contributed by atoms with Crippen molar-refractivity contribution >= 4 is 52.8 Å². The number of aromatic nitrogens is 1. The van der Waals surface area contributed by atoms with Gasteiger partial charge in [0.2, 0.25) is 11.8 Å². The van der Waals surface area contributed by atoms with Gasteiger partial charge in [-0.2, -0.15) is 24.9 Å². The molecule has 12 nitrogen and oxygen atoms in total. The van der Waals surface area contributed by atoms with Gasteiger partial charge in [-0.1, -0.05) is 44.0 Å². The summed E-state index contributed by atoms with van der Waals surface area (Å²) in [6.07, 6.45) is 1.49. The number of amides is 6. The number of hydrogen-bond donors (Lipinski definition) is 5. The highest BCUT2D eigenvalue weighted by Gasteiger charge is 2.35. The van der Waals surface area contributed by atoms with Crippen LogP contribution < -0.4 is 36.4 Å². The van der Waals surface area contributed by atoms with Gasteiger partial charge in [0, 0.05) is 68.8 Å². The molecule has 0 aliphatic carbocycles. The van der Waals surface area contributed by atoms with E-state index in [1.165, 1.54) is 11.0 Å². The standard InChI is InChI=1S/C35H43F3N6O3.C5H8N2OS/c1-3-4-12-31(45)39-20-7-5-6-13-32(46)40-24-25-14-16-28(17-15-25)41-34(47)44-22-9-21-43(2)30-19-18-29(42-33(30)44)26-10-8-11-27(23-26)35(36,37)38;8-5-6-3-1-9-2-4(3)7-5/h8,10-11,14-19,23H,3-7,9,12-13,20-22,24H2,1-2H3,(H,39,45)(H,40,46)(H,41,47);3-4H,1-2H2,(H2,6,7,8). The first-order chi connectivity index (χ1) is 26.9. The summed E-state index contributed by atoms with van der Waals surface area (Å²) < 4.78 is 40.0. The average Bonchev–Trinajstić information content (AvgIpc) is 3.72. The Balaban J connectivity index is 0.000000577. The summed E-state index contributed by atoms with van der Waals surface area (Å²) in [5.41, 5.74) is 2.01. The van der Waals surface area contributed by atoms with Gasteiger partial charge >= 0.3 is 18.2 Å². The highest BCUT2D eigenvalue weighted by Crippen LogP contribution is 2.35. The Morgan fingerprint density at radius 2 is 1.61 bits per heavy atom. The van der Waals surface area contributed by atoms with E-state index in [0.717, 1.165) is 61.3 Å². The van der Waals surface area contributed by atoms with Crippen molar-refractivity contribution in [2.75, 3.05) is 53.3 Å². The molecular weight excluding hydrogens is 746 g/mol. The molecule has 2 unspecified atom stereocenters. The Bertz CT molecular complexity index is 1800. The first-order valence-electron chi connectivity index (χ1n) is 19.2. The zero-order valence-corrected chi connectivity index (χ0v) is 32.7. The normalized spacial score (nSPS) is 17.3. The Morgan fingerprint density at radius 3 is 2.32 bits per heavy atom. The van der Waals surface area contributed by atoms with Gasteiger partial charge < -0.3 is 31.5 Å². The van der Waals surface area contributed by atoms with Crippen LogP contribution in [0.2, 0.25) is 0 Å². The Hall–Kier alpha value is -4.99. The van der Waals surface area contributed by atoms with Gasteiger partial charge in [0.1, 0.15) is 0 Å². The van der Waals surface area contributed by atoms with Crippen molar-refractivity contribution < 1.29 is 32.3 Å². The second-order valence-corrected chi connectivity index (χ2v) is 15.2. The van der Waals surface area contributed by atoms with Crippen LogP contribution in [0.4, 0.5) is 40.0 Å². The minimum atomic E-state index is -4.48. The van der Waals surface area contributed by atoms with Gasteiger partial charge in [-0.15, -0.1) is 0 Å². The van der Waals surface area contributed by atoms with Crippen molar-refractivity contribution in [1.29, 1.82) is 0 Å². The minimum Gasteiger partial charge on any atom is -0.372 e. The van der Waals surface area contributed by atoms with Crippen molar-refractivity contribution in [3.63, 3.8) is 0 Å². The van der Waals surface area contributed by atoms with E-state index in [0.29, 0.717) is 86.0 Å². The molecule has 0 saturated carbocycles. The topological polar surface area (TPSA) is 148 Å². The number of urea groups is 2. The average molecular weight is 797 g/mol. The van der Waals surface area contributed by atoms with E-state index < -0.39 is 17.8 Å². The van der Waals surface area contributed by atoms with Gasteiger partial charge in [0.05, 0.1) is 29.0 Å². The number of nitrogens with one attached hydrogen (secondary N) is 5. The fraction of sp³-hybridized carbons (Fsp3) is 0.475. The number of carbonyl (C=O) groups is 4. The van der Waals surface area contributed by atoms with E-state index >= 15 is 0 Å². The first kappa shape index (κ1) is 42.2. The molecule has 1 aromatic heterocycles. The van der Waals surface area contributed by atoms with Crippen molar-refractivity contribution in [3.05, 3.63) is 71.8 Å². The third-order valence-corrected chi connectivity index (χ3v) is 10.9. The lowest BCUT2D eigenvalue weighted by Crippen LogP contribution is -2.36. The molecule has 6 rings (SSSR count). The molecule has 2 saturated heterocycles. The molecule has 3 aromatic rings. The molecule has 2 fully saturated rings. The largest absolute Gasteiger partial charge is 0.416 e. The second kappa shape index (κ2) is 20.3. The number of anilines is 3. The summed E-state index contributed by atoms with van der Waals surface area (Å²) in [6.45, 7) is 4.09. The van der Waals surface area contributed by atoms with Crippen molar-refractivity contribution in [2.24, 2.45) is 0 Å². The summed E-state index contributed by atoms with van der Waals surface area (Å²) in [4.78, 5) is 56.2. The summed E-state index contributed by atoms with van der Waals surface area (Å²) in [5.74, 6) is 2.55. The molecule has 302 valence electrons. The van der Waals surface area contributed by atoms with Crippen LogP contribution in [-0.2, 0) is 22.3 Å². The highest BCUT2D eigenvalue weighted by atomic mass is 32.2. The van der Waals surface area contributed by atoms with Crippen LogP contribution in [0, 0.1) is 0 Å². The summed E-state index contributed by atoms with van der Waals surface area (Å²) in [7, 11) is 1.89. The van der Waals surface area contributed by atoms with Gasteiger partial charge in [-0.05, 0) is 67.6 Å². The SMILES string of the molecule is CCCCC(=O)NCCCCCC(=O)NCc1ccc(NC(=O)N2CCCN(C)c3ccc(-c4cccc(C(F)(F)F)c4)nc32)cc1.O=C1NC2CSCC2N1. The second-order valence-electron chi connectivity index (χ2n) is 14.1. The van der Waals surface area contributed by atoms with E-state index in [-0.39, 0.29) is 17.8 Å². The molecule has 0 bridgehead atoms. The predicted molar refractivity (Wildman–Crippen MR) is 215 cm³/mol. The van der Waals surface area contributed by atoms with E-state index in [2.05, 4.69) is 38.5 Å². The van der Waals surface area contributed by atoms with Crippen LogP contribution in [0.3, 0.4) is 0 Å². The molecule has 2 aromatic carbocycles. The number of halogens is 3. The number of thioether (sulfide) groups is 1. The maximum absolute atomic E-state index is 13.5. The molecule has 5 N–H and O–H groups in total. The van der Waals surface area contributed by atoms with Gasteiger partial charge in [-0.3, -0.25) is 14.5 Å². The molecule has 4 heterocycles. The van der Waals surface area contributed by atoms with Gasteiger partial charge in [0.25, 0.3) is 0 Å². The van der Waals surface area contributed by atoms with Crippen molar-refractivity contribution in [1.82, 2.24) is 26.3 Å². The summed E-state index contributed by atoms with van der Waals surface area (Å²) in [6, 6.07) is 16.0. The van der Waals surface area contributed by atoms with Crippen LogP contribution in [0.5, 0.6) is 0 Å². The number of rotatable bonds is 13. The van der Waals surface area contributed by atoms with Gasteiger partial charge in [0.15, 0.2) is 5.82 Å². The number of pyridine rings is 1. The molecule has 3 aliphatic heterocycles. The van der Waals surface area contributed by atoms with Crippen molar-refractivity contribution in [2.45, 2.75) is 83.1 Å². The van der Waals surface area contributed by atoms with Crippen LogP contribution in [0.25, 0.3) is 11.3 Å². The first-order valence-corrected chi connectivity index (χ1v) is 20.3. The number of unbranched alkanes of at least 4 members (excludes halogenated alkanes) is 3. The lowest BCUT2D eigenvalue weighted by atomic mass is 10.1. The Morgan fingerprint density at radius 1 is 0.893 bits per heavy atom. The Labute approximate surface area is 330 Å². The number of fused-ring (bicyclic) bond motifs is 2. The molecule has 16 heteroatoms. The number of benzene rings is 2. The van der Waals surface area contributed by atoms with Crippen LogP contribution in [0.1, 0.15) is 69.4 Å². The van der Waals surface area contributed by atoms with E-state index in [9.17, 15) is 32.3 Å². The maximum atomic E-state index is 13.5. The molecule has 3 aliphatic rings. The molecule has 0 spiro atoms. The quantitative estimate of drug-likeness (QED) is 0.0933. The number of nitrogens with zero attached hydrogens (tertiary/aromatic N) is 3. The van der Waals surface area contributed by atoms with E-state index in [4.69, 9.17) is 0 Å². The zero-order valence-electron chi connectivity index (χ0n) is 31.8. The molecular formula is C40H51F3N8O4S. The fourth-order valence-corrected chi connectivity index (χ4v) is 7.76. The van der Waals surface area contributed by atoms with Gasteiger partial charge in [-0.25, -0.2) is 14.6 Å². The number of carbonyl (C=O) groups excluding carboxylic acids is 4. The zero-order chi connectivity index (χ0) is 40.1. The number of hydrogen-bond acceptors (Lipinski definition) is 7. The summed E-state index contributed by atoms with van der Waals surface area (Å²) in [5, 5.41) is 14.4. The fourth-order valence-electron chi connectivity index (χ4n) is 6.49. The van der Waals surface area contributed by atoms with E-state index in [1.54, 1.807) is 30.3 Å². The summed E-state index contributed by atoms with van der Waals surface area (Å²) >= 11 is 1.89. The lowest BCUT2D eigenvalue weighted by molar-refractivity contribution is -0.137.